The van der Waals surface area contributed by atoms with E-state index in [0.717, 1.165) is 11.3 Å². The number of anilines is 1. The number of aliphatic hydroxyl groups excluding tert-OH is 1. The van der Waals surface area contributed by atoms with Crippen LogP contribution < -0.4 is 19.5 Å². The van der Waals surface area contributed by atoms with Crippen molar-refractivity contribution in [2.75, 3.05) is 19.5 Å². The van der Waals surface area contributed by atoms with Gasteiger partial charge in [0.1, 0.15) is 11.9 Å². The van der Waals surface area contributed by atoms with Crippen molar-refractivity contribution < 1.29 is 24.1 Å². The van der Waals surface area contributed by atoms with Gasteiger partial charge in [0, 0.05) is 23.4 Å². The molecule has 0 radical (unpaired) electrons. The third-order valence-electron chi connectivity index (χ3n) is 5.27. The van der Waals surface area contributed by atoms with Gasteiger partial charge in [0.25, 0.3) is 0 Å². The Morgan fingerprint density at radius 2 is 1.51 bits per heavy atom. The average molecular weight is 472 g/mol. The molecule has 1 unspecified atom stereocenters. The number of nitrogens with zero attached hydrogens (tertiary/aromatic N) is 2. The molecule has 0 spiro atoms. The van der Waals surface area contributed by atoms with Crippen LogP contribution in [0, 0.1) is 0 Å². The molecule has 0 aliphatic heterocycles. The summed E-state index contributed by atoms with van der Waals surface area (Å²) in [5, 5.41) is 13.8. The fourth-order valence-electron chi connectivity index (χ4n) is 3.38. The lowest BCUT2D eigenvalue weighted by molar-refractivity contribution is 0.0747. The molecule has 3 aromatic carbocycles. The summed E-state index contributed by atoms with van der Waals surface area (Å²) in [6, 6.07) is 25.0. The second kappa shape index (κ2) is 11.1. The highest BCUT2D eigenvalue weighted by Crippen LogP contribution is 2.27. The minimum atomic E-state index is -1.22. The highest BCUT2D eigenvalue weighted by Gasteiger charge is 2.19. The first kappa shape index (κ1) is 23.7. The zero-order chi connectivity index (χ0) is 24.6. The maximum Gasteiger partial charge on any atom is 0.328 e. The Labute approximate surface area is 203 Å². The van der Waals surface area contributed by atoms with Gasteiger partial charge in [-0.25, -0.2) is 0 Å². The zero-order valence-corrected chi connectivity index (χ0v) is 19.3. The van der Waals surface area contributed by atoms with Crippen molar-refractivity contribution in [3.8, 4) is 23.5 Å². The SMILES string of the molecule is COc1cc(OC)nc(Oc2ccccc2CNc2ccc(C(O)C(=O)c3ccccc3)cc2)n1. The third-order valence-corrected chi connectivity index (χ3v) is 5.27. The van der Waals surface area contributed by atoms with E-state index in [9.17, 15) is 9.90 Å². The van der Waals surface area contributed by atoms with Gasteiger partial charge >= 0.3 is 6.01 Å². The van der Waals surface area contributed by atoms with Crippen LogP contribution in [0.5, 0.6) is 23.5 Å². The Kier molecular flexibility index (Phi) is 7.54. The average Bonchev–Trinajstić information content (AvgIpc) is 2.92. The molecule has 0 saturated carbocycles. The Morgan fingerprint density at radius 1 is 0.886 bits per heavy atom. The topological polar surface area (TPSA) is 103 Å². The number of para-hydroxylation sites is 1. The number of hydrogen-bond donors (Lipinski definition) is 2. The van der Waals surface area contributed by atoms with Gasteiger partial charge in [-0.3, -0.25) is 4.79 Å². The number of hydrogen-bond acceptors (Lipinski definition) is 8. The third kappa shape index (κ3) is 5.93. The second-order valence-electron chi connectivity index (χ2n) is 7.55. The van der Waals surface area contributed by atoms with E-state index in [0.29, 0.717) is 35.2 Å². The molecule has 35 heavy (non-hydrogen) atoms. The molecule has 8 heteroatoms. The lowest BCUT2D eigenvalue weighted by Gasteiger charge is -2.14. The molecule has 2 N–H and O–H groups in total. The molecule has 8 nitrogen and oxygen atoms in total. The second-order valence-corrected chi connectivity index (χ2v) is 7.55. The van der Waals surface area contributed by atoms with Crippen LogP contribution in [0.15, 0.2) is 84.9 Å². The molecule has 4 aromatic rings. The molecule has 1 aromatic heterocycles. The van der Waals surface area contributed by atoms with E-state index in [2.05, 4.69) is 15.3 Å². The minimum Gasteiger partial charge on any atom is -0.481 e. The number of aliphatic hydroxyl groups is 1. The number of benzene rings is 3. The summed E-state index contributed by atoms with van der Waals surface area (Å²) in [4.78, 5) is 20.9. The molecule has 0 aliphatic carbocycles. The van der Waals surface area contributed by atoms with E-state index < -0.39 is 6.10 Å². The number of aromatic nitrogens is 2. The van der Waals surface area contributed by atoms with Crippen LogP contribution in [0.25, 0.3) is 0 Å². The van der Waals surface area contributed by atoms with Crippen LogP contribution >= 0.6 is 0 Å². The maximum atomic E-state index is 12.5. The summed E-state index contributed by atoms with van der Waals surface area (Å²) in [6.45, 7) is 0.460. The van der Waals surface area contributed by atoms with Gasteiger partial charge in [0.2, 0.25) is 11.8 Å². The van der Waals surface area contributed by atoms with Crippen molar-refractivity contribution in [3.05, 3.63) is 102 Å². The first-order valence-electron chi connectivity index (χ1n) is 10.9. The largest absolute Gasteiger partial charge is 0.481 e. The van der Waals surface area contributed by atoms with E-state index in [1.165, 1.54) is 14.2 Å². The molecule has 0 amide bonds. The van der Waals surface area contributed by atoms with E-state index in [4.69, 9.17) is 14.2 Å². The number of rotatable bonds is 10. The van der Waals surface area contributed by atoms with E-state index in [1.54, 1.807) is 42.5 Å². The predicted molar refractivity (Wildman–Crippen MR) is 131 cm³/mol. The number of methoxy groups -OCH3 is 2. The Hall–Kier alpha value is -4.43. The van der Waals surface area contributed by atoms with Crippen LogP contribution in [0.3, 0.4) is 0 Å². The van der Waals surface area contributed by atoms with Crippen LogP contribution in [-0.4, -0.2) is 35.1 Å². The fraction of sp³-hybridized carbons (Fsp3) is 0.148. The monoisotopic (exact) mass is 471 g/mol. The molecule has 0 aliphatic rings. The van der Waals surface area contributed by atoms with Gasteiger partial charge in [-0.15, -0.1) is 0 Å². The Morgan fingerprint density at radius 3 is 2.17 bits per heavy atom. The highest BCUT2D eigenvalue weighted by atomic mass is 16.5. The lowest BCUT2D eigenvalue weighted by atomic mass is 10.00. The summed E-state index contributed by atoms with van der Waals surface area (Å²) in [5.41, 5.74) is 2.69. The number of carbonyl (C=O) groups excluding carboxylic acids is 1. The van der Waals surface area contributed by atoms with Crippen LogP contribution in [-0.2, 0) is 6.54 Å². The van der Waals surface area contributed by atoms with Gasteiger partial charge in [-0.2, -0.15) is 9.97 Å². The van der Waals surface area contributed by atoms with Crippen LogP contribution in [0.1, 0.15) is 27.6 Å². The summed E-state index contributed by atoms with van der Waals surface area (Å²) in [7, 11) is 3.01. The summed E-state index contributed by atoms with van der Waals surface area (Å²) < 4.78 is 16.3. The quantitative estimate of drug-likeness (QED) is 0.318. The number of carbonyl (C=O) groups is 1. The van der Waals surface area contributed by atoms with Gasteiger partial charge < -0.3 is 24.6 Å². The predicted octanol–water partition coefficient (Wildman–Crippen LogP) is 4.81. The van der Waals surface area contributed by atoms with E-state index in [1.807, 2.05) is 42.5 Å². The fourth-order valence-corrected chi connectivity index (χ4v) is 3.38. The first-order valence-corrected chi connectivity index (χ1v) is 10.9. The van der Waals surface area contributed by atoms with Gasteiger partial charge in [-0.05, 0) is 23.8 Å². The van der Waals surface area contributed by atoms with Crippen molar-refractivity contribution in [2.24, 2.45) is 0 Å². The molecule has 1 heterocycles. The number of ether oxygens (including phenoxy) is 3. The normalized spacial score (nSPS) is 11.4. The van der Waals surface area contributed by atoms with E-state index in [-0.39, 0.29) is 11.8 Å². The molecule has 0 fully saturated rings. The summed E-state index contributed by atoms with van der Waals surface area (Å²) in [5.74, 6) is 0.899. The maximum absolute atomic E-state index is 12.5. The summed E-state index contributed by atoms with van der Waals surface area (Å²) >= 11 is 0. The van der Waals surface area contributed by atoms with Crippen molar-refractivity contribution in [2.45, 2.75) is 12.6 Å². The molecule has 0 saturated heterocycles. The first-order chi connectivity index (χ1) is 17.1. The molecule has 1 atom stereocenters. The molecule has 4 rings (SSSR count). The zero-order valence-electron chi connectivity index (χ0n) is 19.3. The van der Waals surface area contributed by atoms with Crippen molar-refractivity contribution in [3.63, 3.8) is 0 Å². The van der Waals surface area contributed by atoms with Crippen molar-refractivity contribution >= 4 is 11.5 Å². The van der Waals surface area contributed by atoms with Gasteiger partial charge in [0.05, 0.1) is 20.3 Å². The lowest BCUT2D eigenvalue weighted by Crippen LogP contribution is -2.12. The Bertz CT molecular complexity index is 1260. The molecular weight excluding hydrogens is 446 g/mol. The number of nitrogens with one attached hydrogen (secondary N) is 1. The van der Waals surface area contributed by atoms with Crippen LogP contribution in [0.2, 0.25) is 0 Å². The summed E-state index contributed by atoms with van der Waals surface area (Å²) in [6.07, 6.45) is -1.22. The number of Topliss-reactive ketones (excluding diaryl/α,β-unsaturated/α-hetero) is 1. The molecule has 178 valence electrons. The Balaban J connectivity index is 1.43. The molecular formula is C27H25N3O5. The minimum absolute atomic E-state index is 0.107. The van der Waals surface area contributed by atoms with Crippen molar-refractivity contribution in [1.82, 2.24) is 9.97 Å². The van der Waals surface area contributed by atoms with Crippen molar-refractivity contribution in [1.29, 1.82) is 0 Å². The molecule has 0 bridgehead atoms. The standard InChI is InChI=1S/C27H25N3O5/c1-33-23-16-24(34-2)30-27(29-23)35-22-11-7-6-10-20(22)17-28-21-14-12-19(13-15-21)26(32)25(31)18-8-4-3-5-9-18/h3-16,26,28,32H,17H2,1-2H3. The smallest absolute Gasteiger partial charge is 0.328 e. The number of ketones is 1. The van der Waals surface area contributed by atoms with Crippen LogP contribution in [0.4, 0.5) is 5.69 Å². The van der Waals surface area contributed by atoms with E-state index >= 15 is 0 Å². The van der Waals surface area contributed by atoms with Gasteiger partial charge in [-0.1, -0.05) is 60.7 Å². The highest BCUT2D eigenvalue weighted by molar-refractivity contribution is 5.99. The van der Waals surface area contributed by atoms with Gasteiger partial charge in [0.15, 0.2) is 5.78 Å².